The van der Waals surface area contributed by atoms with E-state index in [1.165, 1.54) is 18.5 Å². The summed E-state index contributed by atoms with van der Waals surface area (Å²) in [7, 11) is 0. The molecule has 2 fully saturated rings. The molecular weight excluding hydrogens is 260 g/mol. The van der Waals surface area contributed by atoms with Crippen molar-refractivity contribution in [2.75, 3.05) is 18.0 Å². The first-order chi connectivity index (χ1) is 8.75. The van der Waals surface area contributed by atoms with E-state index in [0.29, 0.717) is 5.92 Å². The third kappa shape index (κ3) is 3.22. The van der Waals surface area contributed by atoms with E-state index in [1.54, 1.807) is 0 Å². The molecule has 0 unspecified atom stereocenters. The van der Waals surface area contributed by atoms with Gasteiger partial charge in [0, 0.05) is 18.8 Å². The van der Waals surface area contributed by atoms with E-state index < -0.39 is 0 Å². The number of nitrogens with zero attached hydrogens (tertiary/aromatic N) is 1. The number of nitrogens with two attached hydrogens (primary N) is 1. The molecule has 1 heterocycles. The Morgan fingerprint density at radius 3 is 2.21 bits per heavy atom. The summed E-state index contributed by atoms with van der Waals surface area (Å²) in [6.45, 7) is 2.33. The Morgan fingerprint density at radius 1 is 1.11 bits per heavy atom. The maximum Gasteiger partial charge on any atom is 0.0760 e. The summed E-state index contributed by atoms with van der Waals surface area (Å²) in [6, 6.07) is 8.19. The first kappa shape index (κ1) is 14.6. The molecule has 1 aliphatic carbocycles. The minimum atomic E-state index is -0.373. The third-order valence-electron chi connectivity index (χ3n) is 4.22. The van der Waals surface area contributed by atoms with Crippen molar-refractivity contribution in [1.29, 1.82) is 0 Å². The Bertz CT molecular complexity index is 399. The number of aliphatic hydroxyl groups excluding tert-OH is 1. The highest BCUT2D eigenvalue weighted by molar-refractivity contribution is 5.85. The molecule has 2 aliphatic rings. The molecule has 1 saturated carbocycles. The van der Waals surface area contributed by atoms with Crippen LogP contribution < -0.4 is 10.6 Å². The van der Waals surface area contributed by atoms with Gasteiger partial charge in [0.2, 0.25) is 0 Å². The van der Waals surface area contributed by atoms with Crippen LogP contribution in [0.25, 0.3) is 0 Å². The Kier molecular flexibility index (Phi) is 4.71. The Hall–Kier alpha value is -0.770. The highest BCUT2D eigenvalue weighted by atomic mass is 35.5. The van der Waals surface area contributed by atoms with Gasteiger partial charge in [-0.1, -0.05) is 12.1 Å². The van der Waals surface area contributed by atoms with Gasteiger partial charge in [0.25, 0.3) is 0 Å². The summed E-state index contributed by atoms with van der Waals surface area (Å²) >= 11 is 0. The van der Waals surface area contributed by atoms with Crippen molar-refractivity contribution in [2.24, 2.45) is 11.7 Å². The zero-order valence-corrected chi connectivity index (χ0v) is 12.0. The lowest BCUT2D eigenvalue weighted by atomic mass is 9.99. The zero-order chi connectivity index (χ0) is 12.5. The summed E-state index contributed by atoms with van der Waals surface area (Å²) < 4.78 is 0. The highest BCUT2D eigenvalue weighted by Gasteiger charge is 2.34. The number of hydrogen-bond acceptors (Lipinski definition) is 3. The van der Waals surface area contributed by atoms with Crippen LogP contribution in [0.5, 0.6) is 0 Å². The van der Waals surface area contributed by atoms with Gasteiger partial charge >= 0.3 is 0 Å². The Labute approximate surface area is 121 Å². The van der Waals surface area contributed by atoms with Gasteiger partial charge in [0.1, 0.15) is 0 Å². The normalized spacial score (nSPS) is 21.9. The minimum absolute atomic E-state index is 0. The van der Waals surface area contributed by atoms with Gasteiger partial charge < -0.3 is 15.7 Å². The highest BCUT2D eigenvalue weighted by Crippen LogP contribution is 2.37. The SMILES string of the molecule is Cl.N[C@@H](c1ccc(N2CCCC2)cc1)[C@H](O)C1CC1. The molecule has 0 amide bonds. The lowest BCUT2D eigenvalue weighted by Gasteiger charge is -2.21. The number of halogens is 1. The van der Waals surface area contributed by atoms with Gasteiger partial charge in [0.15, 0.2) is 0 Å². The number of hydrogen-bond donors (Lipinski definition) is 2. The van der Waals surface area contributed by atoms with Crippen molar-refractivity contribution < 1.29 is 5.11 Å². The molecule has 1 saturated heterocycles. The smallest absolute Gasteiger partial charge is 0.0760 e. The molecule has 0 aromatic heterocycles. The lowest BCUT2D eigenvalue weighted by Crippen LogP contribution is -2.28. The van der Waals surface area contributed by atoms with Crippen molar-refractivity contribution in [3.8, 4) is 0 Å². The average Bonchev–Trinajstić information content (AvgIpc) is 3.12. The predicted molar refractivity (Wildman–Crippen MR) is 80.8 cm³/mol. The molecule has 4 heteroatoms. The summed E-state index contributed by atoms with van der Waals surface area (Å²) in [5, 5.41) is 10.1. The monoisotopic (exact) mass is 282 g/mol. The molecule has 3 N–H and O–H groups in total. The second-order valence-electron chi connectivity index (χ2n) is 5.64. The quantitative estimate of drug-likeness (QED) is 0.892. The van der Waals surface area contributed by atoms with Crippen LogP contribution in [0.3, 0.4) is 0 Å². The van der Waals surface area contributed by atoms with Crippen LogP contribution in [-0.2, 0) is 0 Å². The van der Waals surface area contributed by atoms with E-state index >= 15 is 0 Å². The van der Waals surface area contributed by atoms with Gasteiger partial charge in [-0.15, -0.1) is 12.4 Å². The third-order valence-corrected chi connectivity index (χ3v) is 4.22. The van der Waals surface area contributed by atoms with Crippen LogP contribution in [-0.4, -0.2) is 24.3 Å². The molecule has 2 atom stereocenters. The number of rotatable bonds is 4. The molecule has 1 aromatic carbocycles. The maximum atomic E-state index is 10.1. The van der Waals surface area contributed by atoms with Crippen molar-refractivity contribution in [3.63, 3.8) is 0 Å². The molecule has 1 aliphatic heterocycles. The van der Waals surface area contributed by atoms with Crippen LogP contribution in [0.4, 0.5) is 5.69 Å². The van der Waals surface area contributed by atoms with Gasteiger partial charge in [-0.05, 0) is 49.3 Å². The van der Waals surface area contributed by atoms with Crippen molar-refractivity contribution >= 4 is 18.1 Å². The lowest BCUT2D eigenvalue weighted by molar-refractivity contribution is 0.122. The molecule has 0 radical (unpaired) electrons. The van der Waals surface area contributed by atoms with Crippen molar-refractivity contribution in [3.05, 3.63) is 29.8 Å². The molecular formula is C15H23ClN2O. The van der Waals surface area contributed by atoms with E-state index in [9.17, 15) is 5.11 Å². The van der Waals surface area contributed by atoms with Crippen LogP contribution in [0.2, 0.25) is 0 Å². The molecule has 106 valence electrons. The largest absolute Gasteiger partial charge is 0.391 e. The summed E-state index contributed by atoms with van der Waals surface area (Å²) in [5.74, 6) is 0.429. The van der Waals surface area contributed by atoms with E-state index in [0.717, 1.165) is 31.5 Å². The van der Waals surface area contributed by atoms with E-state index in [4.69, 9.17) is 5.73 Å². The van der Waals surface area contributed by atoms with E-state index in [1.807, 2.05) is 0 Å². The van der Waals surface area contributed by atoms with Gasteiger partial charge in [-0.2, -0.15) is 0 Å². The Morgan fingerprint density at radius 2 is 1.68 bits per heavy atom. The number of anilines is 1. The minimum Gasteiger partial charge on any atom is -0.391 e. The average molecular weight is 283 g/mol. The van der Waals surface area contributed by atoms with Crippen LogP contribution >= 0.6 is 12.4 Å². The first-order valence-corrected chi connectivity index (χ1v) is 7.04. The van der Waals surface area contributed by atoms with Crippen LogP contribution in [0.1, 0.15) is 37.3 Å². The summed E-state index contributed by atoms with van der Waals surface area (Å²) in [6.07, 6.45) is 4.47. The fourth-order valence-electron chi connectivity index (χ4n) is 2.81. The Balaban J connectivity index is 0.00000133. The second-order valence-corrected chi connectivity index (χ2v) is 5.64. The number of benzene rings is 1. The summed E-state index contributed by atoms with van der Waals surface area (Å²) in [5.41, 5.74) is 8.45. The van der Waals surface area contributed by atoms with Crippen molar-refractivity contribution in [2.45, 2.75) is 37.8 Å². The topological polar surface area (TPSA) is 49.5 Å². The van der Waals surface area contributed by atoms with Gasteiger partial charge in [0.05, 0.1) is 12.1 Å². The van der Waals surface area contributed by atoms with Crippen LogP contribution in [0.15, 0.2) is 24.3 Å². The predicted octanol–water partition coefficient (Wildman–Crippen LogP) is 2.48. The van der Waals surface area contributed by atoms with E-state index in [2.05, 4.69) is 29.2 Å². The molecule has 1 aromatic rings. The fourth-order valence-corrected chi connectivity index (χ4v) is 2.81. The maximum absolute atomic E-state index is 10.1. The zero-order valence-electron chi connectivity index (χ0n) is 11.2. The molecule has 3 nitrogen and oxygen atoms in total. The fraction of sp³-hybridized carbons (Fsp3) is 0.600. The molecule has 19 heavy (non-hydrogen) atoms. The standard InChI is InChI=1S/C15H22N2O.ClH/c16-14(15(18)12-3-4-12)11-5-7-13(8-6-11)17-9-1-2-10-17;/h5-8,12,14-15,18H,1-4,9-10,16H2;1H/t14-,15+;/m0./s1. The first-order valence-electron chi connectivity index (χ1n) is 7.04. The molecule has 0 bridgehead atoms. The second kappa shape index (κ2) is 6.12. The van der Waals surface area contributed by atoms with E-state index in [-0.39, 0.29) is 24.6 Å². The van der Waals surface area contributed by atoms with Crippen LogP contribution in [0, 0.1) is 5.92 Å². The molecule has 0 spiro atoms. The van der Waals surface area contributed by atoms with Gasteiger partial charge in [-0.25, -0.2) is 0 Å². The van der Waals surface area contributed by atoms with Gasteiger partial charge in [-0.3, -0.25) is 0 Å². The number of aliphatic hydroxyl groups is 1. The van der Waals surface area contributed by atoms with Crippen molar-refractivity contribution in [1.82, 2.24) is 0 Å². The summed E-state index contributed by atoms with van der Waals surface area (Å²) in [4.78, 5) is 2.41. The molecule has 3 rings (SSSR count).